The highest BCUT2D eigenvalue weighted by Gasteiger charge is 2.49. The maximum Gasteiger partial charge on any atom is 0.325 e. The Bertz CT molecular complexity index is 940. The fourth-order valence-corrected chi connectivity index (χ4v) is 4.58. The minimum Gasteiger partial charge on any atom is -0.340 e. The van der Waals surface area contributed by atoms with Crippen LogP contribution in [0.3, 0.4) is 0 Å². The van der Waals surface area contributed by atoms with Crippen molar-refractivity contribution in [3.05, 3.63) is 57.3 Å². The molecule has 4 rings (SSSR count). The second kappa shape index (κ2) is 7.05. The molecule has 0 spiro atoms. The number of carbonyl (C=O) groups excluding carboxylic acids is 3. The maximum absolute atomic E-state index is 13.1. The van der Waals surface area contributed by atoms with Crippen LogP contribution in [0.15, 0.2) is 35.0 Å². The summed E-state index contributed by atoms with van der Waals surface area (Å²) in [6, 6.07) is 7.41. The summed E-state index contributed by atoms with van der Waals surface area (Å²) in [6.45, 7) is 1.91. The molecule has 2 aromatic rings. The molecule has 0 bridgehead atoms. The average molecular weight is 398 g/mol. The van der Waals surface area contributed by atoms with Crippen molar-refractivity contribution in [1.82, 2.24) is 15.1 Å². The number of nitrogens with one attached hydrogen (secondary N) is 1. The number of thiophene rings is 1. The number of benzene rings is 1. The van der Waals surface area contributed by atoms with Gasteiger partial charge in [0.25, 0.3) is 5.91 Å². The van der Waals surface area contributed by atoms with Gasteiger partial charge in [0, 0.05) is 13.6 Å². The van der Waals surface area contributed by atoms with Crippen LogP contribution in [-0.4, -0.2) is 41.2 Å². The molecule has 1 aliphatic carbocycles. The Labute approximate surface area is 168 Å². The van der Waals surface area contributed by atoms with E-state index < -0.39 is 11.6 Å². The van der Waals surface area contributed by atoms with Crippen LogP contribution in [0, 0.1) is 0 Å². The molecule has 1 aromatic carbocycles. The lowest BCUT2D eigenvalue weighted by atomic mass is 9.89. The number of amides is 4. The molecule has 4 amide bonds. The highest BCUT2D eigenvalue weighted by Crippen LogP contribution is 2.32. The van der Waals surface area contributed by atoms with Crippen molar-refractivity contribution in [3.8, 4) is 0 Å². The van der Waals surface area contributed by atoms with Crippen molar-refractivity contribution in [2.45, 2.75) is 38.3 Å². The van der Waals surface area contributed by atoms with Crippen LogP contribution in [0.1, 0.15) is 35.6 Å². The average Bonchev–Trinajstić information content (AvgIpc) is 3.39. The van der Waals surface area contributed by atoms with Gasteiger partial charge in [-0.2, -0.15) is 11.3 Å². The molecule has 1 aliphatic heterocycles. The van der Waals surface area contributed by atoms with Crippen LogP contribution in [0.4, 0.5) is 4.79 Å². The first-order valence-electron chi connectivity index (χ1n) is 9.40. The first kappa shape index (κ1) is 18.7. The quantitative estimate of drug-likeness (QED) is 0.789. The zero-order valence-corrected chi connectivity index (χ0v) is 16.8. The van der Waals surface area contributed by atoms with E-state index in [0.717, 1.165) is 35.3 Å². The van der Waals surface area contributed by atoms with Gasteiger partial charge < -0.3 is 10.2 Å². The number of aryl methyl sites for hydroxylation is 2. The zero-order chi connectivity index (χ0) is 19.9. The monoisotopic (exact) mass is 397 g/mol. The van der Waals surface area contributed by atoms with Crippen molar-refractivity contribution in [2.24, 2.45) is 0 Å². The number of carbonyl (C=O) groups is 3. The van der Waals surface area contributed by atoms with Gasteiger partial charge >= 0.3 is 6.03 Å². The van der Waals surface area contributed by atoms with Gasteiger partial charge in [0.2, 0.25) is 5.91 Å². The van der Waals surface area contributed by atoms with Crippen LogP contribution in [-0.2, 0) is 34.5 Å². The third kappa shape index (κ3) is 3.20. The fraction of sp³-hybridized carbons (Fsp3) is 0.381. The molecule has 28 heavy (non-hydrogen) atoms. The summed E-state index contributed by atoms with van der Waals surface area (Å²) in [5.41, 5.74) is 3.21. The van der Waals surface area contributed by atoms with Gasteiger partial charge in [0.05, 0.1) is 0 Å². The summed E-state index contributed by atoms with van der Waals surface area (Å²) in [6.07, 6.45) is 3.17. The summed E-state index contributed by atoms with van der Waals surface area (Å²) in [5, 5.41) is 6.72. The molecule has 1 saturated heterocycles. The molecule has 146 valence electrons. The Balaban J connectivity index is 1.49. The molecule has 1 N–H and O–H groups in total. The van der Waals surface area contributed by atoms with Crippen molar-refractivity contribution in [1.29, 1.82) is 0 Å². The summed E-state index contributed by atoms with van der Waals surface area (Å²) < 4.78 is 0. The second-order valence-electron chi connectivity index (χ2n) is 7.66. The van der Waals surface area contributed by atoms with Crippen LogP contribution < -0.4 is 5.32 Å². The lowest BCUT2D eigenvalue weighted by Crippen LogP contribution is -2.43. The van der Waals surface area contributed by atoms with E-state index in [-0.39, 0.29) is 18.4 Å². The number of hydrogen-bond donors (Lipinski definition) is 1. The van der Waals surface area contributed by atoms with E-state index in [2.05, 4.69) is 5.32 Å². The number of urea groups is 1. The van der Waals surface area contributed by atoms with E-state index in [1.165, 1.54) is 16.0 Å². The van der Waals surface area contributed by atoms with E-state index in [1.807, 2.05) is 35.0 Å². The van der Waals surface area contributed by atoms with Crippen LogP contribution >= 0.6 is 11.3 Å². The highest BCUT2D eigenvalue weighted by molar-refractivity contribution is 7.07. The first-order chi connectivity index (χ1) is 13.4. The summed E-state index contributed by atoms with van der Waals surface area (Å²) >= 11 is 1.57. The Kier molecular flexibility index (Phi) is 4.71. The minimum atomic E-state index is -1.14. The molecular formula is C21H23N3O3S. The van der Waals surface area contributed by atoms with Crippen molar-refractivity contribution in [2.75, 3.05) is 13.6 Å². The molecule has 0 radical (unpaired) electrons. The molecule has 6 nitrogen and oxygen atoms in total. The number of imide groups is 1. The van der Waals surface area contributed by atoms with E-state index >= 15 is 0 Å². The normalized spacial score (nSPS) is 21.0. The summed E-state index contributed by atoms with van der Waals surface area (Å²) in [4.78, 5) is 40.7. The zero-order valence-electron chi connectivity index (χ0n) is 16.0. The molecule has 1 atom stereocenters. The summed E-state index contributed by atoms with van der Waals surface area (Å²) in [7, 11) is 1.68. The van der Waals surface area contributed by atoms with Gasteiger partial charge in [-0.15, -0.1) is 0 Å². The fourth-order valence-electron chi connectivity index (χ4n) is 3.92. The molecule has 0 unspecified atom stereocenters. The Hall–Kier alpha value is -2.67. The predicted molar refractivity (Wildman–Crippen MR) is 107 cm³/mol. The SMILES string of the molecule is CN(Cc1ccsc1)C(=O)CN1C(=O)N[C@@](C)(c2ccc3c(c2)CCC3)C1=O. The lowest BCUT2D eigenvalue weighted by molar-refractivity contribution is -0.138. The highest BCUT2D eigenvalue weighted by atomic mass is 32.1. The van der Waals surface area contributed by atoms with Gasteiger partial charge in [-0.05, 0) is 65.3 Å². The Morgan fingerprint density at radius 1 is 1.25 bits per heavy atom. The Morgan fingerprint density at radius 3 is 2.79 bits per heavy atom. The van der Waals surface area contributed by atoms with Crippen LogP contribution in [0.25, 0.3) is 0 Å². The van der Waals surface area contributed by atoms with Crippen LogP contribution in [0.2, 0.25) is 0 Å². The van der Waals surface area contributed by atoms with Crippen molar-refractivity contribution >= 4 is 29.2 Å². The third-order valence-corrected chi connectivity index (χ3v) is 6.40. The molecule has 7 heteroatoms. The molecular weight excluding hydrogens is 374 g/mol. The molecule has 2 heterocycles. The number of fused-ring (bicyclic) bond motifs is 1. The van der Waals surface area contributed by atoms with E-state index in [1.54, 1.807) is 25.3 Å². The lowest BCUT2D eigenvalue weighted by Gasteiger charge is -2.24. The predicted octanol–water partition coefficient (Wildman–Crippen LogP) is 2.66. The molecule has 2 aliphatic rings. The van der Waals surface area contributed by atoms with E-state index in [0.29, 0.717) is 6.54 Å². The number of rotatable bonds is 5. The molecule has 0 saturated carbocycles. The number of likely N-dealkylation sites (N-methyl/N-ethyl adjacent to an activating group) is 1. The van der Waals surface area contributed by atoms with Gasteiger partial charge in [0.1, 0.15) is 12.1 Å². The van der Waals surface area contributed by atoms with Crippen molar-refractivity contribution in [3.63, 3.8) is 0 Å². The van der Waals surface area contributed by atoms with Gasteiger partial charge in [-0.1, -0.05) is 18.2 Å². The summed E-state index contributed by atoms with van der Waals surface area (Å²) in [5.74, 6) is -0.652. The second-order valence-corrected chi connectivity index (χ2v) is 8.44. The molecule has 1 aromatic heterocycles. The largest absolute Gasteiger partial charge is 0.340 e. The number of hydrogen-bond acceptors (Lipinski definition) is 4. The standard InChI is InChI=1S/C21H23N3O3S/c1-21(17-7-6-15-4-3-5-16(15)10-17)19(26)24(20(27)22-21)12-18(25)23(2)11-14-8-9-28-13-14/h6-10,13H,3-5,11-12H2,1-2H3,(H,22,27)/t21-/m0/s1. The number of nitrogens with zero attached hydrogens (tertiary/aromatic N) is 2. The van der Waals surface area contributed by atoms with Crippen molar-refractivity contribution < 1.29 is 14.4 Å². The molecule has 1 fully saturated rings. The smallest absolute Gasteiger partial charge is 0.325 e. The van der Waals surface area contributed by atoms with Gasteiger partial charge in [-0.3, -0.25) is 14.5 Å². The maximum atomic E-state index is 13.1. The van der Waals surface area contributed by atoms with Gasteiger partial charge in [0.15, 0.2) is 0 Å². The Morgan fingerprint density at radius 2 is 2.04 bits per heavy atom. The third-order valence-electron chi connectivity index (χ3n) is 5.67. The minimum absolute atomic E-state index is 0.258. The van der Waals surface area contributed by atoms with Crippen LogP contribution in [0.5, 0.6) is 0 Å². The van der Waals surface area contributed by atoms with Gasteiger partial charge in [-0.25, -0.2) is 4.79 Å². The van der Waals surface area contributed by atoms with E-state index in [4.69, 9.17) is 0 Å². The van der Waals surface area contributed by atoms with E-state index in [9.17, 15) is 14.4 Å². The first-order valence-corrected chi connectivity index (χ1v) is 10.3. The topological polar surface area (TPSA) is 69.7 Å².